The normalized spacial score (nSPS) is 10.9. The van der Waals surface area contributed by atoms with Gasteiger partial charge in [0.15, 0.2) is 0 Å². The molecule has 1 aromatic carbocycles. The zero-order valence-corrected chi connectivity index (χ0v) is 8.24. The molecule has 0 unspecified atom stereocenters. The Morgan fingerprint density at radius 3 is 2.36 bits per heavy atom. The highest BCUT2D eigenvalue weighted by Gasteiger charge is 2.25. The molecular weight excluding hydrogens is 172 g/mol. The summed E-state index contributed by atoms with van der Waals surface area (Å²) in [4.78, 5) is 0. The fourth-order valence-electron chi connectivity index (χ4n) is 1.46. The summed E-state index contributed by atoms with van der Waals surface area (Å²) >= 11 is 0. The quantitative estimate of drug-likeness (QED) is 0.703. The highest BCUT2D eigenvalue weighted by atomic mass is 16.3. The van der Waals surface area contributed by atoms with Gasteiger partial charge in [-0.1, -0.05) is 36.4 Å². The fourth-order valence-corrected chi connectivity index (χ4v) is 1.46. The van der Waals surface area contributed by atoms with Crippen LogP contribution >= 0.6 is 0 Å². The standard InChI is InChI=1S/C13H15O/c1-3-10-13(14,11-4-2)12-8-6-5-7-9-12/h3-8,14H,1-2,10-11H2. The summed E-state index contributed by atoms with van der Waals surface area (Å²) in [7, 11) is 0. The molecule has 0 aliphatic rings. The highest BCUT2D eigenvalue weighted by molar-refractivity contribution is 5.22. The van der Waals surface area contributed by atoms with Crippen molar-refractivity contribution in [3.63, 3.8) is 0 Å². The van der Waals surface area contributed by atoms with Crippen LogP contribution in [0.15, 0.2) is 49.6 Å². The van der Waals surface area contributed by atoms with E-state index in [0.29, 0.717) is 12.8 Å². The lowest BCUT2D eigenvalue weighted by Gasteiger charge is -2.25. The maximum atomic E-state index is 10.3. The van der Waals surface area contributed by atoms with E-state index in [-0.39, 0.29) is 0 Å². The molecule has 1 heteroatoms. The molecule has 1 radical (unpaired) electrons. The monoisotopic (exact) mass is 187 g/mol. The minimum atomic E-state index is -0.898. The van der Waals surface area contributed by atoms with E-state index in [0.717, 1.165) is 5.56 Å². The van der Waals surface area contributed by atoms with Gasteiger partial charge in [-0.2, -0.15) is 0 Å². The number of hydrogen-bond acceptors (Lipinski definition) is 1. The minimum absolute atomic E-state index is 0.513. The van der Waals surface area contributed by atoms with Crippen LogP contribution < -0.4 is 0 Å². The maximum absolute atomic E-state index is 10.3. The lowest BCUT2D eigenvalue weighted by atomic mass is 9.87. The molecule has 73 valence electrons. The molecule has 0 saturated carbocycles. The van der Waals surface area contributed by atoms with Gasteiger partial charge in [-0.05, 0) is 24.5 Å². The summed E-state index contributed by atoms with van der Waals surface area (Å²) in [5.74, 6) is 0. The van der Waals surface area contributed by atoms with Crippen LogP contribution in [0.4, 0.5) is 0 Å². The van der Waals surface area contributed by atoms with Gasteiger partial charge in [0.25, 0.3) is 0 Å². The Bertz CT molecular complexity index is 290. The minimum Gasteiger partial charge on any atom is -0.384 e. The van der Waals surface area contributed by atoms with E-state index in [1.54, 1.807) is 18.2 Å². The van der Waals surface area contributed by atoms with Crippen molar-refractivity contribution in [2.45, 2.75) is 18.4 Å². The topological polar surface area (TPSA) is 20.2 Å². The predicted octanol–water partition coefficient (Wildman–Crippen LogP) is 2.83. The van der Waals surface area contributed by atoms with Gasteiger partial charge < -0.3 is 5.11 Å². The van der Waals surface area contributed by atoms with Gasteiger partial charge in [-0.25, -0.2) is 0 Å². The molecule has 1 rings (SSSR count). The second-order valence-electron chi connectivity index (χ2n) is 3.29. The molecule has 0 spiro atoms. The maximum Gasteiger partial charge on any atom is 0.0970 e. The summed E-state index contributed by atoms with van der Waals surface area (Å²) < 4.78 is 0. The number of aliphatic hydroxyl groups is 1. The third-order valence-electron chi connectivity index (χ3n) is 2.17. The molecule has 0 aliphatic carbocycles. The lowest BCUT2D eigenvalue weighted by molar-refractivity contribution is 0.0427. The second kappa shape index (κ2) is 4.77. The van der Waals surface area contributed by atoms with Crippen LogP contribution in [0, 0.1) is 6.07 Å². The number of benzene rings is 1. The van der Waals surface area contributed by atoms with Crippen molar-refractivity contribution in [3.05, 3.63) is 61.2 Å². The Kier molecular flexibility index (Phi) is 3.66. The van der Waals surface area contributed by atoms with Gasteiger partial charge in [-0.3, -0.25) is 0 Å². The molecular formula is C13H15O. The SMILES string of the molecule is C=CCC(O)(CC=C)c1[c]cccc1. The van der Waals surface area contributed by atoms with Crippen LogP contribution in [0.2, 0.25) is 0 Å². The van der Waals surface area contributed by atoms with Crippen molar-refractivity contribution in [3.8, 4) is 0 Å². The van der Waals surface area contributed by atoms with E-state index < -0.39 is 5.60 Å². The average molecular weight is 187 g/mol. The Morgan fingerprint density at radius 2 is 1.93 bits per heavy atom. The van der Waals surface area contributed by atoms with Crippen molar-refractivity contribution in [1.82, 2.24) is 0 Å². The highest BCUT2D eigenvalue weighted by Crippen LogP contribution is 2.28. The zero-order chi connectivity index (χ0) is 10.4. The molecule has 0 heterocycles. The van der Waals surface area contributed by atoms with Crippen LogP contribution in [0.3, 0.4) is 0 Å². The largest absolute Gasteiger partial charge is 0.384 e. The van der Waals surface area contributed by atoms with E-state index >= 15 is 0 Å². The summed E-state index contributed by atoms with van der Waals surface area (Å²) in [6, 6.07) is 10.5. The van der Waals surface area contributed by atoms with Crippen LogP contribution in [-0.4, -0.2) is 5.11 Å². The number of hydrogen-bond donors (Lipinski definition) is 1. The summed E-state index contributed by atoms with van der Waals surface area (Å²) in [6.45, 7) is 7.29. The van der Waals surface area contributed by atoms with Crippen LogP contribution in [0.25, 0.3) is 0 Å². The molecule has 1 nitrogen and oxygen atoms in total. The molecule has 0 amide bonds. The molecule has 0 atom stereocenters. The third kappa shape index (κ3) is 2.33. The molecule has 0 saturated heterocycles. The van der Waals surface area contributed by atoms with Crippen molar-refractivity contribution >= 4 is 0 Å². The Hall–Kier alpha value is -1.34. The lowest BCUT2D eigenvalue weighted by Crippen LogP contribution is -2.24. The zero-order valence-electron chi connectivity index (χ0n) is 8.24. The van der Waals surface area contributed by atoms with Gasteiger partial charge in [-0.15, -0.1) is 13.2 Å². The first-order valence-corrected chi connectivity index (χ1v) is 4.64. The summed E-state index contributed by atoms with van der Waals surface area (Å²) in [6.07, 6.45) is 4.45. The van der Waals surface area contributed by atoms with Gasteiger partial charge in [0.05, 0.1) is 5.60 Å². The van der Waals surface area contributed by atoms with Crippen LogP contribution in [-0.2, 0) is 5.60 Å². The Morgan fingerprint density at radius 1 is 1.29 bits per heavy atom. The molecule has 1 aromatic rings. The fraction of sp³-hybridized carbons (Fsp3) is 0.231. The molecule has 0 aromatic heterocycles. The van der Waals surface area contributed by atoms with Gasteiger partial charge in [0.1, 0.15) is 0 Å². The first-order chi connectivity index (χ1) is 6.73. The van der Waals surface area contributed by atoms with Gasteiger partial charge >= 0.3 is 0 Å². The van der Waals surface area contributed by atoms with E-state index in [2.05, 4.69) is 19.2 Å². The van der Waals surface area contributed by atoms with Gasteiger partial charge in [0, 0.05) is 0 Å². The molecule has 0 bridgehead atoms. The first kappa shape index (κ1) is 10.7. The average Bonchev–Trinajstić information content (AvgIpc) is 2.20. The molecule has 0 fully saturated rings. The third-order valence-corrected chi connectivity index (χ3v) is 2.17. The van der Waals surface area contributed by atoms with E-state index in [9.17, 15) is 5.11 Å². The molecule has 0 aliphatic heterocycles. The van der Waals surface area contributed by atoms with Crippen molar-refractivity contribution in [1.29, 1.82) is 0 Å². The van der Waals surface area contributed by atoms with E-state index in [1.165, 1.54) is 0 Å². The van der Waals surface area contributed by atoms with E-state index in [1.807, 2.05) is 18.2 Å². The smallest absolute Gasteiger partial charge is 0.0970 e. The number of rotatable bonds is 5. The second-order valence-corrected chi connectivity index (χ2v) is 3.29. The van der Waals surface area contributed by atoms with Gasteiger partial charge in [0.2, 0.25) is 0 Å². The Balaban J connectivity index is 2.98. The summed E-state index contributed by atoms with van der Waals surface area (Å²) in [5.41, 5.74) is -0.107. The van der Waals surface area contributed by atoms with Crippen LogP contribution in [0.5, 0.6) is 0 Å². The van der Waals surface area contributed by atoms with Crippen molar-refractivity contribution in [2.75, 3.05) is 0 Å². The Labute approximate surface area is 85.4 Å². The van der Waals surface area contributed by atoms with Crippen molar-refractivity contribution in [2.24, 2.45) is 0 Å². The van der Waals surface area contributed by atoms with E-state index in [4.69, 9.17) is 0 Å². The predicted molar refractivity (Wildman–Crippen MR) is 58.8 cm³/mol. The first-order valence-electron chi connectivity index (χ1n) is 4.64. The van der Waals surface area contributed by atoms with Crippen LogP contribution in [0.1, 0.15) is 18.4 Å². The molecule has 14 heavy (non-hydrogen) atoms. The summed E-state index contributed by atoms with van der Waals surface area (Å²) in [5, 5.41) is 10.3. The van der Waals surface area contributed by atoms with Crippen molar-refractivity contribution < 1.29 is 5.11 Å². The molecule has 1 N–H and O–H groups in total.